The van der Waals surface area contributed by atoms with Crippen LogP contribution in [0.15, 0.2) is 30.9 Å². The molecule has 1 aromatic carbocycles. The third kappa shape index (κ3) is 3.97. The van der Waals surface area contributed by atoms with E-state index in [4.69, 9.17) is 4.74 Å². The Kier molecular flexibility index (Phi) is 7.58. The highest BCUT2D eigenvalue weighted by Crippen LogP contribution is 2.67. The summed E-state index contributed by atoms with van der Waals surface area (Å²) in [6.07, 6.45) is 3.13. The molecule has 3 fully saturated rings. The first kappa shape index (κ1) is 26.7. The maximum atomic E-state index is 14.6. The summed E-state index contributed by atoms with van der Waals surface area (Å²) in [5, 5.41) is 10.3. The first-order chi connectivity index (χ1) is 17.1. The molecule has 2 bridgehead atoms. The molecule has 1 spiro atoms. The summed E-state index contributed by atoms with van der Waals surface area (Å²) >= 11 is 1.62. The smallest absolute Gasteiger partial charge is 0.310 e. The summed E-state index contributed by atoms with van der Waals surface area (Å²) in [5.74, 6) is -2.03. The third-order valence-electron chi connectivity index (χ3n) is 8.13. The number of nitrogens with zero attached hydrogens (tertiary/aromatic N) is 2. The maximum Gasteiger partial charge on any atom is 0.310 e. The molecule has 3 aliphatic heterocycles. The van der Waals surface area contributed by atoms with E-state index in [1.807, 2.05) is 45.9 Å². The average molecular weight is 515 g/mol. The predicted octanol–water partition coefficient (Wildman–Crippen LogP) is 3.49. The number of hydrogen-bond acceptors (Lipinski definition) is 6. The average Bonchev–Trinajstić information content (AvgIpc) is 3.46. The van der Waals surface area contributed by atoms with E-state index in [1.54, 1.807) is 34.6 Å². The van der Waals surface area contributed by atoms with E-state index in [1.165, 1.54) is 0 Å². The van der Waals surface area contributed by atoms with Gasteiger partial charge in [-0.2, -0.15) is 0 Å². The van der Waals surface area contributed by atoms with E-state index in [2.05, 4.69) is 6.58 Å². The van der Waals surface area contributed by atoms with Gasteiger partial charge in [-0.1, -0.05) is 38.1 Å². The van der Waals surface area contributed by atoms with Crippen molar-refractivity contribution < 1.29 is 24.2 Å². The maximum absolute atomic E-state index is 14.6. The Bertz CT molecular complexity index is 1040. The molecule has 0 saturated carbocycles. The number of hydrogen-bond donors (Lipinski definition) is 1. The number of rotatable bonds is 9. The standard InChI is InChI=1S/C28H38N2O5S/c1-7-14-29(23-17(5)10-9-11-18(23)6)26(33)24-28-13-12-20(36-28)21(27(34)35-8-2)22(28)25(32)30(24)19(15-31)16(3)4/h7,9-11,16,19-22,24,31H,1,8,12-15H2,2-6H3/t19-,20-,21+,22-,24?,28?/m0/s1. The molecule has 4 rings (SSSR count). The molecule has 0 radical (unpaired) electrons. The Morgan fingerprint density at radius 2 is 2.00 bits per heavy atom. The van der Waals surface area contributed by atoms with Gasteiger partial charge in [0.2, 0.25) is 5.91 Å². The molecule has 6 atom stereocenters. The zero-order valence-corrected chi connectivity index (χ0v) is 22.7. The number of aryl methyl sites for hydroxylation is 2. The van der Waals surface area contributed by atoms with Crippen LogP contribution in [0.3, 0.4) is 0 Å². The lowest BCUT2D eigenvalue weighted by molar-refractivity contribution is -0.154. The zero-order chi connectivity index (χ0) is 26.4. The highest BCUT2D eigenvalue weighted by atomic mass is 32.2. The number of aliphatic hydroxyl groups excluding tert-OH is 1. The molecule has 8 heteroatoms. The molecule has 7 nitrogen and oxygen atoms in total. The number of para-hydroxylation sites is 1. The van der Waals surface area contributed by atoms with Crippen molar-refractivity contribution in [2.45, 2.75) is 69.5 Å². The second-order valence-electron chi connectivity index (χ2n) is 10.5. The minimum Gasteiger partial charge on any atom is -0.466 e. The molecule has 1 N–H and O–H groups in total. The first-order valence-corrected chi connectivity index (χ1v) is 13.8. The number of fused-ring (bicyclic) bond motifs is 1. The lowest BCUT2D eigenvalue weighted by Gasteiger charge is -2.41. The van der Waals surface area contributed by atoms with Crippen molar-refractivity contribution in [3.63, 3.8) is 0 Å². The minimum atomic E-state index is -0.789. The molecule has 36 heavy (non-hydrogen) atoms. The van der Waals surface area contributed by atoms with Crippen LogP contribution in [-0.2, 0) is 19.1 Å². The fourth-order valence-electron chi connectivity index (χ4n) is 6.65. The van der Waals surface area contributed by atoms with Crippen LogP contribution >= 0.6 is 11.8 Å². The van der Waals surface area contributed by atoms with Crippen molar-refractivity contribution in [1.29, 1.82) is 0 Å². The van der Waals surface area contributed by atoms with E-state index in [0.29, 0.717) is 13.0 Å². The largest absolute Gasteiger partial charge is 0.466 e. The molecule has 0 aliphatic carbocycles. The Balaban J connectivity index is 1.87. The summed E-state index contributed by atoms with van der Waals surface area (Å²) in [6, 6.07) is 4.59. The van der Waals surface area contributed by atoms with Gasteiger partial charge in [0.25, 0.3) is 5.91 Å². The number of likely N-dealkylation sites (tertiary alicyclic amines) is 1. The van der Waals surface area contributed by atoms with Gasteiger partial charge < -0.3 is 19.6 Å². The van der Waals surface area contributed by atoms with E-state index in [0.717, 1.165) is 23.2 Å². The normalized spacial score (nSPS) is 29.4. The van der Waals surface area contributed by atoms with E-state index >= 15 is 0 Å². The highest BCUT2D eigenvalue weighted by molar-refractivity contribution is 8.02. The summed E-state index contributed by atoms with van der Waals surface area (Å²) in [5.41, 5.74) is 2.75. The number of ether oxygens (including phenoxy) is 1. The fourth-order valence-corrected chi connectivity index (χ4v) is 8.84. The number of aliphatic hydroxyl groups is 1. The van der Waals surface area contributed by atoms with Crippen LogP contribution in [0.5, 0.6) is 0 Å². The van der Waals surface area contributed by atoms with Gasteiger partial charge in [0.05, 0.1) is 35.8 Å². The lowest BCUT2D eigenvalue weighted by Crippen LogP contribution is -2.58. The Hall–Kier alpha value is -2.32. The predicted molar refractivity (Wildman–Crippen MR) is 142 cm³/mol. The number of amides is 2. The molecule has 1 aromatic rings. The number of thioether (sulfide) groups is 1. The Morgan fingerprint density at radius 3 is 2.56 bits per heavy atom. The summed E-state index contributed by atoms with van der Waals surface area (Å²) in [4.78, 5) is 45.2. The van der Waals surface area contributed by atoms with Crippen LogP contribution in [0, 0.1) is 31.6 Å². The van der Waals surface area contributed by atoms with Crippen molar-refractivity contribution in [1.82, 2.24) is 4.90 Å². The van der Waals surface area contributed by atoms with Gasteiger partial charge >= 0.3 is 5.97 Å². The van der Waals surface area contributed by atoms with Gasteiger partial charge in [-0.05, 0) is 50.7 Å². The molecule has 2 unspecified atom stereocenters. The van der Waals surface area contributed by atoms with Gasteiger partial charge in [-0.3, -0.25) is 14.4 Å². The van der Waals surface area contributed by atoms with Crippen molar-refractivity contribution >= 4 is 35.2 Å². The minimum absolute atomic E-state index is 0.0462. The zero-order valence-electron chi connectivity index (χ0n) is 21.9. The van der Waals surface area contributed by atoms with Crippen molar-refractivity contribution in [2.24, 2.45) is 17.8 Å². The molecular formula is C28H38N2O5S. The van der Waals surface area contributed by atoms with Gasteiger partial charge in [-0.15, -0.1) is 18.3 Å². The molecule has 196 valence electrons. The van der Waals surface area contributed by atoms with Crippen molar-refractivity contribution in [3.8, 4) is 0 Å². The Morgan fingerprint density at radius 1 is 1.33 bits per heavy atom. The highest BCUT2D eigenvalue weighted by Gasteiger charge is 2.75. The van der Waals surface area contributed by atoms with Crippen LogP contribution in [0.2, 0.25) is 0 Å². The molecule has 0 aromatic heterocycles. The summed E-state index contributed by atoms with van der Waals surface area (Å²) in [6.45, 7) is 13.8. The van der Waals surface area contributed by atoms with Gasteiger partial charge in [-0.25, -0.2) is 0 Å². The number of carbonyl (C=O) groups is 3. The SMILES string of the molecule is C=CCN(C(=O)C1N([C@@H](CO)C(C)C)C(=O)[C@@H]2[C@H](C(=O)OCC)[C@@H]3CCC12S3)c1c(C)cccc1C. The second kappa shape index (κ2) is 10.2. The molecule has 3 heterocycles. The first-order valence-electron chi connectivity index (χ1n) is 12.9. The van der Waals surface area contributed by atoms with Crippen molar-refractivity contribution in [2.75, 3.05) is 24.7 Å². The van der Waals surface area contributed by atoms with Crippen LogP contribution in [0.4, 0.5) is 5.69 Å². The summed E-state index contributed by atoms with van der Waals surface area (Å²) < 4.78 is 4.68. The monoisotopic (exact) mass is 514 g/mol. The van der Waals surface area contributed by atoms with Gasteiger partial charge in [0.1, 0.15) is 6.04 Å². The molecule has 3 aliphatic rings. The van der Waals surface area contributed by atoms with Crippen LogP contribution < -0.4 is 4.90 Å². The van der Waals surface area contributed by atoms with Gasteiger partial charge in [0, 0.05) is 17.5 Å². The summed E-state index contributed by atoms with van der Waals surface area (Å²) in [7, 11) is 0. The van der Waals surface area contributed by atoms with E-state index in [-0.39, 0.29) is 42.2 Å². The Labute approximate surface area is 218 Å². The van der Waals surface area contributed by atoms with Crippen LogP contribution in [-0.4, -0.2) is 69.6 Å². The van der Waals surface area contributed by atoms with Crippen LogP contribution in [0.1, 0.15) is 44.7 Å². The number of carbonyl (C=O) groups excluding carboxylic acids is 3. The third-order valence-corrected chi connectivity index (χ3v) is 10.1. The van der Waals surface area contributed by atoms with E-state index < -0.39 is 28.7 Å². The topological polar surface area (TPSA) is 87.2 Å². The molecular weight excluding hydrogens is 476 g/mol. The van der Waals surface area contributed by atoms with Crippen LogP contribution in [0.25, 0.3) is 0 Å². The van der Waals surface area contributed by atoms with Gasteiger partial charge in [0.15, 0.2) is 0 Å². The fraction of sp³-hybridized carbons (Fsp3) is 0.607. The quantitative estimate of drug-likeness (QED) is 0.401. The molecule has 3 saturated heterocycles. The molecule has 2 amide bonds. The number of anilines is 1. The number of benzene rings is 1. The lowest BCUT2D eigenvalue weighted by atomic mass is 9.71. The van der Waals surface area contributed by atoms with Crippen molar-refractivity contribution in [3.05, 3.63) is 42.0 Å². The second-order valence-corrected chi connectivity index (χ2v) is 12.1. The number of esters is 1. The van der Waals surface area contributed by atoms with E-state index in [9.17, 15) is 19.5 Å².